The molecule has 2 aromatic carbocycles. The van der Waals surface area contributed by atoms with Crippen molar-refractivity contribution < 1.29 is 27.6 Å². The van der Waals surface area contributed by atoms with Crippen LogP contribution in [0.25, 0.3) is 0 Å². The molecule has 1 aliphatic rings. The summed E-state index contributed by atoms with van der Waals surface area (Å²) < 4.78 is 40.0. The van der Waals surface area contributed by atoms with Crippen LogP contribution in [0, 0.1) is 17.5 Å². The predicted molar refractivity (Wildman–Crippen MR) is 93.6 cm³/mol. The number of hydrogen-bond donors (Lipinski definition) is 2. The van der Waals surface area contributed by atoms with E-state index in [1.165, 1.54) is 0 Å². The van der Waals surface area contributed by atoms with Crippen molar-refractivity contribution in [3.05, 3.63) is 65.5 Å². The number of imide groups is 1. The Morgan fingerprint density at radius 3 is 2.39 bits per heavy atom. The SMILES string of the molecule is CCC1(c2ccccc2)NC(=O)N(CC(=O)Nc2ccc(F)c(F)c2F)C1=O. The van der Waals surface area contributed by atoms with Gasteiger partial charge in [0.25, 0.3) is 5.91 Å². The highest BCUT2D eigenvalue weighted by molar-refractivity contribution is 6.10. The molecule has 2 aromatic rings. The van der Waals surface area contributed by atoms with Crippen molar-refractivity contribution in [3.63, 3.8) is 0 Å². The number of benzene rings is 2. The Hall–Kier alpha value is -3.36. The molecule has 146 valence electrons. The normalized spacial score (nSPS) is 18.9. The van der Waals surface area contributed by atoms with Crippen LogP contribution in [0.1, 0.15) is 18.9 Å². The van der Waals surface area contributed by atoms with E-state index in [0.717, 1.165) is 6.07 Å². The molecule has 9 heteroatoms. The first-order chi connectivity index (χ1) is 13.3. The zero-order chi connectivity index (χ0) is 20.5. The summed E-state index contributed by atoms with van der Waals surface area (Å²) in [5, 5.41) is 4.64. The van der Waals surface area contributed by atoms with Crippen molar-refractivity contribution in [2.24, 2.45) is 0 Å². The fourth-order valence-corrected chi connectivity index (χ4v) is 3.09. The van der Waals surface area contributed by atoms with Crippen molar-refractivity contribution in [1.82, 2.24) is 10.2 Å². The molecule has 3 rings (SSSR count). The minimum absolute atomic E-state index is 0.248. The summed E-state index contributed by atoms with van der Waals surface area (Å²) in [4.78, 5) is 38.1. The van der Waals surface area contributed by atoms with Gasteiger partial charge in [-0.25, -0.2) is 18.0 Å². The molecule has 0 aromatic heterocycles. The monoisotopic (exact) mass is 391 g/mol. The Kier molecular flexibility index (Phi) is 5.08. The highest BCUT2D eigenvalue weighted by atomic mass is 19.2. The number of amides is 4. The second-order valence-corrected chi connectivity index (χ2v) is 6.22. The van der Waals surface area contributed by atoms with Crippen LogP contribution >= 0.6 is 0 Å². The third-order valence-corrected chi connectivity index (χ3v) is 4.58. The molecule has 1 atom stereocenters. The Labute approximate surface area is 158 Å². The minimum atomic E-state index is -1.73. The first-order valence-electron chi connectivity index (χ1n) is 8.43. The number of urea groups is 1. The van der Waals surface area contributed by atoms with E-state index in [2.05, 4.69) is 5.32 Å². The van der Waals surface area contributed by atoms with E-state index in [-0.39, 0.29) is 6.42 Å². The zero-order valence-electron chi connectivity index (χ0n) is 14.8. The van der Waals surface area contributed by atoms with Crippen LogP contribution in [-0.2, 0) is 15.1 Å². The van der Waals surface area contributed by atoms with Crippen LogP contribution < -0.4 is 10.6 Å². The lowest BCUT2D eigenvalue weighted by Crippen LogP contribution is -2.44. The van der Waals surface area contributed by atoms with Gasteiger partial charge in [0, 0.05) is 0 Å². The number of nitrogens with zero attached hydrogens (tertiary/aromatic N) is 1. The van der Waals surface area contributed by atoms with Gasteiger partial charge in [0.05, 0.1) is 5.69 Å². The largest absolute Gasteiger partial charge is 0.325 e. The van der Waals surface area contributed by atoms with Crippen LogP contribution in [0.4, 0.5) is 23.7 Å². The molecule has 0 radical (unpaired) electrons. The number of carbonyl (C=O) groups excluding carboxylic acids is 3. The topological polar surface area (TPSA) is 78.5 Å². The quantitative estimate of drug-likeness (QED) is 0.608. The zero-order valence-corrected chi connectivity index (χ0v) is 14.8. The number of carbonyl (C=O) groups is 3. The summed E-state index contributed by atoms with van der Waals surface area (Å²) >= 11 is 0. The molecule has 4 amide bonds. The van der Waals surface area contributed by atoms with Crippen LogP contribution in [-0.4, -0.2) is 29.3 Å². The second kappa shape index (κ2) is 7.34. The molecule has 0 spiro atoms. The molecule has 1 heterocycles. The van der Waals surface area contributed by atoms with Gasteiger partial charge in [0.1, 0.15) is 12.1 Å². The van der Waals surface area contributed by atoms with Gasteiger partial charge in [0.2, 0.25) is 5.91 Å². The van der Waals surface area contributed by atoms with E-state index in [1.54, 1.807) is 37.3 Å². The van der Waals surface area contributed by atoms with Gasteiger partial charge in [0.15, 0.2) is 17.5 Å². The first-order valence-corrected chi connectivity index (χ1v) is 8.43. The molecule has 0 saturated carbocycles. The Morgan fingerprint density at radius 1 is 1.07 bits per heavy atom. The van der Waals surface area contributed by atoms with Crippen LogP contribution in [0.5, 0.6) is 0 Å². The summed E-state index contributed by atoms with van der Waals surface area (Å²) in [6.45, 7) is 1.00. The van der Waals surface area contributed by atoms with Crippen molar-refractivity contribution in [2.75, 3.05) is 11.9 Å². The molecule has 28 heavy (non-hydrogen) atoms. The van der Waals surface area contributed by atoms with Crippen LogP contribution in [0.2, 0.25) is 0 Å². The number of halogens is 3. The summed E-state index contributed by atoms with van der Waals surface area (Å²) in [7, 11) is 0. The highest BCUT2D eigenvalue weighted by Gasteiger charge is 2.51. The molecule has 1 unspecified atom stereocenters. The first kappa shape index (κ1) is 19.4. The number of anilines is 1. The number of nitrogens with one attached hydrogen (secondary N) is 2. The van der Waals surface area contributed by atoms with E-state index in [0.29, 0.717) is 16.5 Å². The van der Waals surface area contributed by atoms with Crippen LogP contribution in [0.15, 0.2) is 42.5 Å². The molecule has 2 N–H and O–H groups in total. The summed E-state index contributed by atoms with van der Waals surface area (Å²) in [5.74, 6) is -6.28. The lowest BCUT2D eigenvalue weighted by Gasteiger charge is -2.25. The average Bonchev–Trinajstić information content (AvgIpc) is 2.94. The Bertz CT molecular complexity index is 952. The van der Waals surface area contributed by atoms with Gasteiger partial charge in [-0.05, 0) is 24.1 Å². The Morgan fingerprint density at radius 2 is 1.75 bits per heavy atom. The number of rotatable bonds is 5. The van der Waals surface area contributed by atoms with E-state index in [9.17, 15) is 27.6 Å². The maximum Gasteiger partial charge on any atom is 0.325 e. The molecule has 1 fully saturated rings. The molecule has 1 saturated heterocycles. The average molecular weight is 391 g/mol. The smallest absolute Gasteiger partial charge is 0.322 e. The molecule has 0 bridgehead atoms. The molecular formula is C19H16F3N3O3. The van der Waals surface area contributed by atoms with Crippen molar-refractivity contribution in [1.29, 1.82) is 0 Å². The van der Waals surface area contributed by atoms with Gasteiger partial charge in [-0.15, -0.1) is 0 Å². The van der Waals surface area contributed by atoms with Crippen LogP contribution in [0.3, 0.4) is 0 Å². The Balaban J connectivity index is 1.79. The molecular weight excluding hydrogens is 375 g/mol. The summed E-state index contributed by atoms with van der Waals surface area (Å²) in [6, 6.07) is 9.27. The van der Waals surface area contributed by atoms with E-state index < -0.39 is 53.1 Å². The van der Waals surface area contributed by atoms with E-state index in [4.69, 9.17) is 0 Å². The fourth-order valence-electron chi connectivity index (χ4n) is 3.09. The van der Waals surface area contributed by atoms with E-state index >= 15 is 0 Å². The van der Waals surface area contributed by atoms with Gasteiger partial charge in [-0.1, -0.05) is 37.3 Å². The minimum Gasteiger partial charge on any atom is -0.322 e. The summed E-state index contributed by atoms with van der Waals surface area (Å²) in [6.07, 6.45) is 0.248. The van der Waals surface area contributed by atoms with Crippen molar-refractivity contribution in [2.45, 2.75) is 18.9 Å². The highest BCUT2D eigenvalue weighted by Crippen LogP contribution is 2.32. The lowest BCUT2D eigenvalue weighted by atomic mass is 9.87. The standard InChI is InChI=1S/C19H16F3N3O3/c1-2-19(11-6-4-3-5-7-11)17(27)25(18(28)24-19)10-14(26)23-13-9-8-12(20)15(21)16(13)22/h3-9H,2,10H2,1H3,(H,23,26)(H,24,28). The van der Waals surface area contributed by atoms with Crippen molar-refractivity contribution >= 4 is 23.5 Å². The van der Waals surface area contributed by atoms with Gasteiger partial charge >= 0.3 is 6.03 Å². The van der Waals surface area contributed by atoms with Gasteiger partial charge < -0.3 is 10.6 Å². The molecule has 0 aliphatic carbocycles. The van der Waals surface area contributed by atoms with Gasteiger partial charge in [-0.3, -0.25) is 14.5 Å². The third-order valence-electron chi connectivity index (χ3n) is 4.58. The summed E-state index contributed by atoms with van der Waals surface area (Å²) in [5.41, 5.74) is -1.35. The lowest BCUT2D eigenvalue weighted by molar-refractivity contribution is -0.134. The predicted octanol–water partition coefficient (Wildman–Crippen LogP) is 2.90. The third kappa shape index (κ3) is 3.19. The van der Waals surface area contributed by atoms with Gasteiger partial charge in [-0.2, -0.15) is 0 Å². The molecule has 1 aliphatic heterocycles. The maximum absolute atomic E-state index is 13.7. The number of hydrogen-bond acceptors (Lipinski definition) is 3. The van der Waals surface area contributed by atoms with Crippen molar-refractivity contribution in [3.8, 4) is 0 Å². The molecule has 6 nitrogen and oxygen atoms in total. The fraction of sp³-hybridized carbons (Fsp3) is 0.211. The maximum atomic E-state index is 13.7. The van der Waals surface area contributed by atoms with E-state index in [1.807, 2.05) is 5.32 Å². The second-order valence-electron chi connectivity index (χ2n) is 6.22.